The first-order valence-electron chi connectivity index (χ1n) is 7.14. The van der Waals surface area contributed by atoms with Crippen LogP contribution >= 0.6 is 0 Å². The largest absolute Gasteiger partial charge is 0.478 e. The number of benzene rings is 1. The predicted octanol–water partition coefficient (Wildman–Crippen LogP) is 4.60. The molecule has 0 unspecified atom stereocenters. The number of halogens is 1. The van der Waals surface area contributed by atoms with Gasteiger partial charge in [-0.1, -0.05) is 25.8 Å². The predicted molar refractivity (Wildman–Crippen MR) is 73.0 cm³/mol. The normalized spacial score (nSPS) is 23.3. The van der Waals surface area contributed by atoms with Crippen LogP contribution in [0.3, 0.4) is 0 Å². The van der Waals surface area contributed by atoms with E-state index in [1.165, 1.54) is 37.8 Å². The van der Waals surface area contributed by atoms with Gasteiger partial charge >= 0.3 is 5.97 Å². The van der Waals surface area contributed by atoms with Crippen molar-refractivity contribution < 1.29 is 14.3 Å². The van der Waals surface area contributed by atoms with Gasteiger partial charge in [0.2, 0.25) is 0 Å². The van der Waals surface area contributed by atoms with E-state index >= 15 is 0 Å². The highest BCUT2D eigenvalue weighted by molar-refractivity contribution is 5.87. The molecule has 1 aromatic carbocycles. The first-order valence-corrected chi connectivity index (χ1v) is 7.14. The summed E-state index contributed by atoms with van der Waals surface area (Å²) in [6, 6.07) is 4.58. The first kappa shape index (κ1) is 14.0. The van der Waals surface area contributed by atoms with E-state index in [0.717, 1.165) is 24.3 Å². The lowest BCUT2D eigenvalue weighted by molar-refractivity contribution is 0.0692. The monoisotopic (exact) mass is 264 g/mol. The standard InChI is InChI=1S/C16H21FO2/c1-2-3-11-4-6-12(7-5-11)13-8-9-14(16(18)19)15(17)10-13/h8-12H,2-7H2,1H3,(H,18,19)/t11-,12-. The summed E-state index contributed by atoms with van der Waals surface area (Å²) in [7, 11) is 0. The fourth-order valence-corrected chi connectivity index (χ4v) is 3.15. The zero-order chi connectivity index (χ0) is 13.8. The second-order valence-corrected chi connectivity index (χ2v) is 5.55. The molecule has 0 amide bonds. The molecule has 1 saturated carbocycles. The van der Waals surface area contributed by atoms with E-state index in [9.17, 15) is 9.18 Å². The summed E-state index contributed by atoms with van der Waals surface area (Å²) in [5.74, 6) is -0.591. The van der Waals surface area contributed by atoms with Crippen molar-refractivity contribution in [3.05, 3.63) is 35.1 Å². The second-order valence-electron chi connectivity index (χ2n) is 5.55. The van der Waals surface area contributed by atoms with Crippen molar-refractivity contribution in [2.45, 2.75) is 51.4 Å². The van der Waals surface area contributed by atoms with Gasteiger partial charge in [0, 0.05) is 0 Å². The fraction of sp³-hybridized carbons (Fsp3) is 0.562. The van der Waals surface area contributed by atoms with Crippen molar-refractivity contribution in [2.75, 3.05) is 0 Å². The molecule has 2 rings (SSSR count). The average Bonchev–Trinajstić information content (AvgIpc) is 2.39. The van der Waals surface area contributed by atoms with Gasteiger partial charge in [0.05, 0.1) is 5.56 Å². The highest BCUT2D eigenvalue weighted by Gasteiger charge is 2.23. The van der Waals surface area contributed by atoms with E-state index in [0.29, 0.717) is 5.92 Å². The Kier molecular flexibility index (Phi) is 4.56. The van der Waals surface area contributed by atoms with E-state index in [-0.39, 0.29) is 5.56 Å². The van der Waals surface area contributed by atoms with Crippen molar-refractivity contribution in [2.24, 2.45) is 5.92 Å². The van der Waals surface area contributed by atoms with Gasteiger partial charge in [-0.15, -0.1) is 0 Å². The van der Waals surface area contributed by atoms with E-state index in [4.69, 9.17) is 5.11 Å². The first-order chi connectivity index (χ1) is 9.11. The minimum atomic E-state index is -1.20. The van der Waals surface area contributed by atoms with Gasteiger partial charge in [0.15, 0.2) is 0 Å². The van der Waals surface area contributed by atoms with Crippen LogP contribution < -0.4 is 0 Å². The zero-order valence-electron chi connectivity index (χ0n) is 11.4. The smallest absolute Gasteiger partial charge is 0.338 e. The van der Waals surface area contributed by atoms with Gasteiger partial charge in [0.1, 0.15) is 5.82 Å². The molecule has 1 aliphatic carbocycles. The SMILES string of the molecule is CCC[C@H]1CC[C@H](c2ccc(C(=O)O)c(F)c2)CC1. The van der Waals surface area contributed by atoms with Crippen molar-refractivity contribution >= 4 is 5.97 Å². The number of hydrogen-bond acceptors (Lipinski definition) is 1. The molecule has 1 aliphatic rings. The molecule has 0 spiro atoms. The van der Waals surface area contributed by atoms with E-state index < -0.39 is 11.8 Å². The van der Waals surface area contributed by atoms with Gasteiger partial charge < -0.3 is 5.11 Å². The van der Waals surface area contributed by atoms with Crippen LogP contribution in [0.5, 0.6) is 0 Å². The van der Waals surface area contributed by atoms with Gasteiger partial charge in [-0.2, -0.15) is 0 Å². The molecular formula is C16H21FO2. The van der Waals surface area contributed by atoms with Crippen molar-refractivity contribution in [1.82, 2.24) is 0 Å². The van der Waals surface area contributed by atoms with Crippen LogP contribution in [0.25, 0.3) is 0 Å². The summed E-state index contributed by atoms with van der Waals surface area (Å²) >= 11 is 0. The quantitative estimate of drug-likeness (QED) is 0.863. The number of aromatic carboxylic acids is 1. The Labute approximate surface area is 113 Å². The molecule has 0 aromatic heterocycles. The Balaban J connectivity index is 2.04. The minimum Gasteiger partial charge on any atom is -0.478 e. The Bertz CT molecular complexity index is 448. The maximum Gasteiger partial charge on any atom is 0.338 e. The molecule has 0 atom stereocenters. The second kappa shape index (κ2) is 6.18. The molecule has 0 saturated heterocycles. The highest BCUT2D eigenvalue weighted by Crippen LogP contribution is 2.37. The van der Waals surface area contributed by atoms with Crippen LogP contribution in [0, 0.1) is 11.7 Å². The maximum atomic E-state index is 13.7. The fourth-order valence-electron chi connectivity index (χ4n) is 3.15. The molecular weight excluding hydrogens is 243 g/mol. The third-order valence-electron chi connectivity index (χ3n) is 4.24. The Morgan fingerprint density at radius 2 is 2.00 bits per heavy atom. The topological polar surface area (TPSA) is 37.3 Å². The van der Waals surface area contributed by atoms with Crippen LogP contribution in [-0.4, -0.2) is 11.1 Å². The van der Waals surface area contributed by atoms with Crippen LogP contribution in [0.4, 0.5) is 4.39 Å². The molecule has 1 N–H and O–H groups in total. The van der Waals surface area contributed by atoms with Gasteiger partial charge in [-0.25, -0.2) is 9.18 Å². The molecule has 3 heteroatoms. The lowest BCUT2D eigenvalue weighted by Gasteiger charge is -2.28. The number of carbonyl (C=O) groups is 1. The zero-order valence-corrected chi connectivity index (χ0v) is 11.4. The lowest BCUT2D eigenvalue weighted by atomic mass is 9.77. The van der Waals surface area contributed by atoms with E-state index in [2.05, 4.69) is 6.92 Å². The van der Waals surface area contributed by atoms with Gasteiger partial charge in [-0.05, 0) is 55.2 Å². The molecule has 19 heavy (non-hydrogen) atoms. The molecule has 0 bridgehead atoms. The maximum absolute atomic E-state index is 13.7. The van der Waals surface area contributed by atoms with Crippen molar-refractivity contribution in [3.63, 3.8) is 0 Å². The number of hydrogen-bond donors (Lipinski definition) is 1. The van der Waals surface area contributed by atoms with Gasteiger partial charge in [0.25, 0.3) is 0 Å². The minimum absolute atomic E-state index is 0.233. The lowest BCUT2D eigenvalue weighted by Crippen LogP contribution is -2.13. The van der Waals surface area contributed by atoms with Crippen LogP contribution in [0.1, 0.15) is 67.3 Å². The summed E-state index contributed by atoms with van der Waals surface area (Å²) in [6.45, 7) is 2.21. The van der Waals surface area contributed by atoms with Gasteiger partial charge in [-0.3, -0.25) is 0 Å². The highest BCUT2D eigenvalue weighted by atomic mass is 19.1. The van der Waals surface area contributed by atoms with E-state index in [1.54, 1.807) is 6.07 Å². The third kappa shape index (κ3) is 3.34. The van der Waals surface area contributed by atoms with Crippen LogP contribution in [0.15, 0.2) is 18.2 Å². The summed E-state index contributed by atoms with van der Waals surface area (Å²) in [5, 5.41) is 8.82. The number of rotatable bonds is 4. The number of carboxylic acid groups (broad SMARTS) is 1. The van der Waals surface area contributed by atoms with Crippen LogP contribution in [-0.2, 0) is 0 Å². The Hall–Kier alpha value is -1.38. The molecule has 0 radical (unpaired) electrons. The number of carboxylic acids is 1. The summed E-state index contributed by atoms with van der Waals surface area (Å²) < 4.78 is 13.7. The summed E-state index contributed by atoms with van der Waals surface area (Å²) in [6.07, 6.45) is 7.13. The van der Waals surface area contributed by atoms with Crippen LogP contribution in [0.2, 0.25) is 0 Å². The molecule has 104 valence electrons. The third-order valence-corrected chi connectivity index (χ3v) is 4.24. The van der Waals surface area contributed by atoms with Crippen molar-refractivity contribution in [3.8, 4) is 0 Å². The average molecular weight is 264 g/mol. The molecule has 2 nitrogen and oxygen atoms in total. The summed E-state index contributed by atoms with van der Waals surface area (Å²) in [5.41, 5.74) is 0.723. The Morgan fingerprint density at radius 1 is 1.32 bits per heavy atom. The van der Waals surface area contributed by atoms with E-state index in [1.807, 2.05) is 0 Å². The van der Waals surface area contributed by atoms with Crippen molar-refractivity contribution in [1.29, 1.82) is 0 Å². The summed E-state index contributed by atoms with van der Waals surface area (Å²) in [4.78, 5) is 10.8. The molecule has 1 aromatic rings. The molecule has 1 fully saturated rings. The molecule has 0 aliphatic heterocycles. The molecule has 0 heterocycles. The Morgan fingerprint density at radius 3 is 2.53 bits per heavy atom.